The van der Waals surface area contributed by atoms with E-state index in [1.54, 1.807) is 0 Å². The van der Waals surface area contributed by atoms with Crippen LogP contribution >= 0.6 is 11.8 Å². The number of amidine groups is 1. The number of carbonyl (C=O) groups excluding carboxylic acids is 1. The van der Waals surface area contributed by atoms with Crippen LogP contribution in [0.15, 0.2) is 93.3 Å². The average Bonchev–Trinajstić information content (AvgIpc) is 3.32. The Morgan fingerprint density at radius 2 is 1.72 bits per heavy atom. The van der Waals surface area contributed by atoms with E-state index in [1.807, 2.05) is 84.9 Å². The minimum Gasteiger partial charge on any atom is -0.355 e. The number of benzene rings is 3. The molecule has 6 heteroatoms. The molecule has 2 heterocycles. The van der Waals surface area contributed by atoms with E-state index in [9.17, 15) is 4.79 Å². The maximum atomic E-state index is 12.0. The fourth-order valence-corrected chi connectivity index (χ4v) is 3.88. The molecule has 4 aromatic rings. The second kappa shape index (κ2) is 7.41. The summed E-state index contributed by atoms with van der Waals surface area (Å²) in [6, 6.07) is 25.3. The number of aliphatic imine (C=N–C) groups is 1. The van der Waals surface area contributed by atoms with Gasteiger partial charge in [-0.25, -0.2) is 4.99 Å². The van der Waals surface area contributed by atoms with Gasteiger partial charge in [0.25, 0.3) is 5.24 Å². The third-order valence-electron chi connectivity index (χ3n) is 4.49. The fraction of sp³-hybridized carbons (Fsp3) is 0. The van der Waals surface area contributed by atoms with E-state index in [4.69, 9.17) is 4.52 Å². The lowest BCUT2D eigenvalue weighted by Crippen LogP contribution is -2.18. The molecule has 0 atom stereocenters. The fourth-order valence-electron chi connectivity index (χ4n) is 3.14. The molecule has 0 bridgehead atoms. The highest BCUT2D eigenvalue weighted by molar-refractivity contribution is 8.18. The van der Waals surface area contributed by atoms with Crippen molar-refractivity contribution in [3.63, 3.8) is 0 Å². The summed E-state index contributed by atoms with van der Waals surface area (Å²) < 4.78 is 5.58. The largest absolute Gasteiger partial charge is 0.355 e. The summed E-state index contributed by atoms with van der Waals surface area (Å²) in [4.78, 5) is 17.3. The predicted octanol–water partition coefficient (Wildman–Crippen LogP) is 6.02. The Morgan fingerprint density at radius 1 is 0.966 bits per heavy atom. The molecule has 3 aromatic carbocycles. The van der Waals surface area contributed by atoms with Crippen LogP contribution in [0.5, 0.6) is 0 Å². The van der Waals surface area contributed by atoms with E-state index in [0.717, 1.165) is 50.1 Å². The summed E-state index contributed by atoms with van der Waals surface area (Å²) in [6.45, 7) is 0. The maximum absolute atomic E-state index is 12.0. The Bertz CT molecular complexity index is 1260. The number of amides is 1. The first-order valence-corrected chi connectivity index (χ1v) is 9.87. The zero-order chi connectivity index (χ0) is 19.6. The molecule has 29 heavy (non-hydrogen) atoms. The molecule has 0 unspecified atom stereocenters. The molecule has 0 saturated carbocycles. The van der Waals surface area contributed by atoms with Gasteiger partial charge in [0.15, 0.2) is 5.76 Å². The van der Waals surface area contributed by atoms with Gasteiger partial charge in [-0.2, -0.15) is 0 Å². The minimum atomic E-state index is -0.137. The minimum absolute atomic E-state index is 0.137. The highest BCUT2D eigenvalue weighted by Crippen LogP contribution is 2.32. The van der Waals surface area contributed by atoms with Crippen molar-refractivity contribution in [2.45, 2.75) is 0 Å². The number of hydrogen-bond acceptors (Lipinski definition) is 5. The van der Waals surface area contributed by atoms with Gasteiger partial charge in [0.2, 0.25) is 0 Å². The Morgan fingerprint density at radius 3 is 2.52 bits per heavy atom. The molecule has 0 radical (unpaired) electrons. The van der Waals surface area contributed by atoms with Crippen LogP contribution in [0.2, 0.25) is 0 Å². The second-order valence-electron chi connectivity index (χ2n) is 6.47. The van der Waals surface area contributed by atoms with Crippen LogP contribution in [0.3, 0.4) is 0 Å². The summed E-state index contributed by atoms with van der Waals surface area (Å²) in [5.41, 5.74) is 3.49. The number of thioether (sulfide) groups is 1. The van der Waals surface area contributed by atoms with Crippen molar-refractivity contribution in [1.29, 1.82) is 0 Å². The summed E-state index contributed by atoms with van der Waals surface area (Å²) in [6.07, 6.45) is 1.95. The first-order valence-electron chi connectivity index (χ1n) is 9.06. The number of fused-ring (bicyclic) bond motifs is 1. The highest BCUT2D eigenvalue weighted by Gasteiger charge is 2.23. The summed E-state index contributed by atoms with van der Waals surface area (Å²) >= 11 is 1.14. The topological polar surface area (TPSA) is 67.5 Å². The Balaban J connectivity index is 1.55. The number of carbonyl (C=O) groups is 1. The van der Waals surface area contributed by atoms with Crippen molar-refractivity contribution < 1.29 is 9.32 Å². The summed E-state index contributed by atoms with van der Waals surface area (Å²) in [5.74, 6) is 1.28. The molecule has 0 spiro atoms. The number of nitrogens with zero attached hydrogens (tertiary/aromatic N) is 2. The monoisotopic (exact) mass is 397 g/mol. The molecule has 1 amide bonds. The van der Waals surface area contributed by atoms with Gasteiger partial charge in [-0.3, -0.25) is 4.79 Å². The third-order valence-corrected chi connectivity index (χ3v) is 5.31. The quantitative estimate of drug-likeness (QED) is 0.459. The average molecular weight is 397 g/mol. The normalized spacial score (nSPS) is 16.6. The predicted molar refractivity (Wildman–Crippen MR) is 117 cm³/mol. The van der Waals surface area contributed by atoms with Crippen LogP contribution in [-0.4, -0.2) is 16.2 Å². The Labute approximate surface area is 171 Å². The van der Waals surface area contributed by atoms with Crippen molar-refractivity contribution in [1.82, 2.24) is 10.5 Å². The van der Waals surface area contributed by atoms with Gasteiger partial charge in [0.05, 0.1) is 16.0 Å². The lowest BCUT2D eigenvalue weighted by atomic mass is 10.1. The lowest BCUT2D eigenvalue weighted by Gasteiger charge is -2.01. The van der Waals surface area contributed by atoms with E-state index in [1.165, 1.54) is 0 Å². The summed E-state index contributed by atoms with van der Waals surface area (Å²) in [5, 5.41) is 7.76. The highest BCUT2D eigenvalue weighted by atomic mass is 32.2. The van der Waals surface area contributed by atoms with E-state index in [-0.39, 0.29) is 5.24 Å². The number of aromatic nitrogens is 1. The van der Waals surface area contributed by atoms with Crippen LogP contribution in [0.1, 0.15) is 5.56 Å². The number of hydrogen-bond donors (Lipinski definition) is 1. The standard InChI is InChI=1S/C23H15N3O2S/c27-23-25-22(24-17-9-5-2-6-10-17)20(29-23)14-15-11-12-19-18(13-15)21(28-26-19)16-7-3-1-4-8-16/h1-14H,(H,24,25,27). The molecule has 1 aliphatic heterocycles. The number of para-hydroxylation sites is 1. The van der Waals surface area contributed by atoms with Crippen LogP contribution in [0.4, 0.5) is 10.5 Å². The van der Waals surface area contributed by atoms with Gasteiger partial charge in [0.1, 0.15) is 11.4 Å². The van der Waals surface area contributed by atoms with E-state index < -0.39 is 0 Å². The lowest BCUT2D eigenvalue weighted by molar-refractivity contribution is 0.265. The SMILES string of the molecule is O=C1NC(=Nc2ccccc2)C(=Cc2ccc3noc(-c4ccccc4)c3c2)S1. The van der Waals surface area contributed by atoms with Crippen molar-refractivity contribution >= 4 is 45.5 Å². The van der Waals surface area contributed by atoms with Gasteiger partial charge in [-0.1, -0.05) is 59.8 Å². The van der Waals surface area contributed by atoms with Crippen LogP contribution < -0.4 is 5.32 Å². The van der Waals surface area contributed by atoms with Crippen LogP contribution in [-0.2, 0) is 0 Å². The van der Waals surface area contributed by atoms with Crippen LogP contribution in [0.25, 0.3) is 28.3 Å². The molecule has 1 aliphatic rings. The van der Waals surface area contributed by atoms with Crippen LogP contribution in [0, 0.1) is 0 Å². The van der Waals surface area contributed by atoms with Gasteiger partial charge in [0, 0.05) is 5.56 Å². The molecule has 1 aromatic heterocycles. The molecule has 1 saturated heterocycles. The number of nitrogens with one attached hydrogen (secondary N) is 1. The molecule has 1 N–H and O–H groups in total. The number of rotatable bonds is 3. The van der Waals surface area contributed by atoms with Crippen molar-refractivity contribution in [2.75, 3.05) is 0 Å². The molecule has 5 rings (SSSR count). The first-order chi connectivity index (χ1) is 14.3. The maximum Gasteiger partial charge on any atom is 0.289 e. The molecule has 0 aliphatic carbocycles. The van der Waals surface area contributed by atoms with E-state index in [0.29, 0.717) is 5.84 Å². The van der Waals surface area contributed by atoms with Crippen molar-refractivity contribution in [3.8, 4) is 11.3 Å². The Kier molecular flexibility index (Phi) is 4.46. The molecule has 140 valence electrons. The molecular formula is C23H15N3O2S. The smallest absolute Gasteiger partial charge is 0.289 e. The zero-order valence-corrected chi connectivity index (χ0v) is 16.0. The Hall–Kier alpha value is -3.64. The molecule has 5 nitrogen and oxygen atoms in total. The van der Waals surface area contributed by atoms with Gasteiger partial charge in [-0.15, -0.1) is 0 Å². The first kappa shape index (κ1) is 17.5. The van der Waals surface area contributed by atoms with Gasteiger partial charge < -0.3 is 9.84 Å². The van der Waals surface area contributed by atoms with Crippen molar-refractivity contribution in [2.24, 2.45) is 4.99 Å². The molecular weight excluding hydrogens is 382 g/mol. The van der Waals surface area contributed by atoms with Crippen molar-refractivity contribution in [3.05, 3.63) is 89.3 Å². The van der Waals surface area contributed by atoms with Gasteiger partial charge >= 0.3 is 0 Å². The van der Waals surface area contributed by atoms with E-state index >= 15 is 0 Å². The van der Waals surface area contributed by atoms with Gasteiger partial charge in [-0.05, 0) is 47.7 Å². The third kappa shape index (κ3) is 3.58. The van der Waals surface area contributed by atoms with E-state index in [2.05, 4.69) is 15.5 Å². The molecule has 1 fully saturated rings. The summed E-state index contributed by atoms with van der Waals surface area (Å²) in [7, 11) is 0. The second-order valence-corrected chi connectivity index (χ2v) is 7.49. The zero-order valence-electron chi connectivity index (χ0n) is 15.2.